The molecule has 1 aromatic rings. The number of carbonyl (C=O) groups is 3. The molecule has 114 valence electrons. The van der Waals surface area contributed by atoms with Gasteiger partial charge in [0.2, 0.25) is 11.8 Å². The Balaban J connectivity index is 2.79. The number of carbonyl (C=O) groups excluding carboxylic acids is 2. The highest BCUT2D eigenvalue weighted by Crippen LogP contribution is 2.19. The average Bonchev–Trinajstić information content (AvgIpc) is 2.38. The van der Waals surface area contributed by atoms with Gasteiger partial charge in [-0.15, -0.1) is 0 Å². The van der Waals surface area contributed by atoms with Crippen LogP contribution in [0.4, 0.5) is 0 Å². The summed E-state index contributed by atoms with van der Waals surface area (Å²) in [6.07, 6.45) is -0.225. The number of rotatable bonds is 6. The average molecular weight is 357 g/mol. The maximum absolute atomic E-state index is 11.9. The minimum atomic E-state index is -1.01. The van der Waals surface area contributed by atoms with Crippen LogP contribution in [0, 0.1) is 0 Å². The molecule has 7 heteroatoms. The van der Waals surface area contributed by atoms with E-state index in [1.54, 1.807) is 24.3 Å². The van der Waals surface area contributed by atoms with Crippen LogP contribution in [0.3, 0.4) is 0 Å². The van der Waals surface area contributed by atoms with E-state index in [9.17, 15) is 14.4 Å². The van der Waals surface area contributed by atoms with Gasteiger partial charge < -0.3 is 15.3 Å². The topological polar surface area (TPSA) is 86.7 Å². The molecule has 0 spiro atoms. The number of hydrogen-bond acceptors (Lipinski definition) is 3. The van der Waals surface area contributed by atoms with Gasteiger partial charge in [0, 0.05) is 18.4 Å². The van der Waals surface area contributed by atoms with E-state index in [1.165, 1.54) is 18.9 Å². The summed E-state index contributed by atoms with van der Waals surface area (Å²) in [5.74, 6) is -1.64. The van der Waals surface area contributed by atoms with Gasteiger partial charge in [-0.3, -0.25) is 14.4 Å². The molecule has 2 N–H and O–H groups in total. The van der Waals surface area contributed by atoms with E-state index < -0.39 is 17.9 Å². The molecule has 6 nitrogen and oxygen atoms in total. The minimum Gasteiger partial charge on any atom is -0.481 e. The first-order valence-electron chi connectivity index (χ1n) is 6.28. The van der Waals surface area contributed by atoms with Crippen molar-refractivity contribution in [1.82, 2.24) is 10.2 Å². The molecule has 0 aromatic heterocycles. The quantitative estimate of drug-likeness (QED) is 0.809. The lowest BCUT2D eigenvalue weighted by molar-refractivity contribution is -0.138. The van der Waals surface area contributed by atoms with E-state index in [0.29, 0.717) is 5.56 Å². The maximum Gasteiger partial charge on any atom is 0.305 e. The molecule has 0 bridgehead atoms. The standard InChI is InChI=1S/C14H17BrN2O4/c1-9(18)17(2)8-13(19)16-12(7-14(20)21)10-3-5-11(15)6-4-10/h3-6,12H,7-8H2,1-2H3,(H,16,19)(H,20,21). The number of hydrogen-bond donors (Lipinski definition) is 2. The van der Waals surface area contributed by atoms with Gasteiger partial charge in [-0.05, 0) is 17.7 Å². The van der Waals surface area contributed by atoms with Crippen LogP contribution in [0.1, 0.15) is 24.9 Å². The molecule has 0 fully saturated rings. The fourth-order valence-corrected chi connectivity index (χ4v) is 1.95. The fraction of sp³-hybridized carbons (Fsp3) is 0.357. The summed E-state index contributed by atoms with van der Waals surface area (Å²) in [6, 6.07) is 6.40. The number of benzene rings is 1. The minimum absolute atomic E-state index is 0.109. The van der Waals surface area contributed by atoms with Crippen LogP contribution in [-0.4, -0.2) is 41.4 Å². The lowest BCUT2D eigenvalue weighted by Gasteiger charge is -2.20. The Kier molecular flexibility index (Phi) is 6.36. The second-order valence-corrected chi connectivity index (χ2v) is 5.56. The molecule has 0 aliphatic carbocycles. The Morgan fingerprint density at radius 2 is 1.86 bits per heavy atom. The third-order valence-corrected chi connectivity index (χ3v) is 3.43. The smallest absolute Gasteiger partial charge is 0.305 e. The SMILES string of the molecule is CC(=O)N(C)CC(=O)NC(CC(=O)O)c1ccc(Br)cc1. The van der Waals surface area contributed by atoms with E-state index in [0.717, 1.165) is 4.47 Å². The zero-order chi connectivity index (χ0) is 16.0. The van der Waals surface area contributed by atoms with Gasteiger partial charge in [0.1, 0.15) is 0 Å². The molecule has 1 aromatic carbocycles. The van der Waals surface area contributed by atoms with Gasteiger partial charge in [-0.1, -0.05) is 28.1 Å². The Labute approximate surface area is 131 Å². The number of likely N-dealkylation sites (N-methyl/N-ethyl adjacent to an activating group) is 1. The molecule has 1 rings (SSSR count). The molecule has 1 unspecified atom stereocenters. The molecule has 1 atom stereocenters. The first-order chi connectivity index (χ1) is 9.79. The number of halogens is 1. The molecule has 0 aliphatic heterocycles. The largest absolute Gasteiger partial charge is 0.481 e. The molecule has 0 radical (unpaired) electrons. The summed E-state index contributed by atoms with van der Waals surface area (Å²) in [5, 5.41) is 11.6. The van der Waals surface area contributed by atoms with Gasteiger partial charge in [-0.2, -0.15) is 0 Å². The monoisotopic (exact) mass is 356 g/mol. The van der Waals surface area contributed by atoms with Crippen molar-refractivity contribution in [2.24, 2.45) is 0 Å². The van der Waals surface area contributed by atoms with Crippen molar-refractivity contribution in [2.45, 2.75) is 19.4 Å². The Morgan fingerprint density at radius 3 is 2.33 bits per heavy atom. The molecule has 0 saturated carbocycles. The van der Waals surface area contributed by atoms with Crippen molar-refractivity contribution in [3.63, 3.8) is 0 Å². The lowest BCUT2D eigenvalue weighted by Crippen LogP contribution is -2.39. The highest BCUT2D eigenvalue weighted by Gasteiger charge is 2.19. The van der Waals surface area contributed by atoms with Crippen molar-refractivity contribution >= 4 is 33.7 Å². The van der Waals surface area contributed by atoms with Crippen molar-refractivity contribution in [2.75, 3.05) is 13.6 Å². The van der Waals surface area contributed by atoms with Crippen LogP contribution >= 0.6 is 15.9 Å². The summed E-state index contributed by atoms with van der Waals surface area (Å²) in [5.41, 5.74) is 0.694. The molecule has 21 heavy (non-hydrogen) atoms. The number of amides is 2. The number of carboxylic acids is 1. The highest BCUT2D eigenvalue weighted by atomic mass is 79.9. The number of nitrogens with one attached hydrogen (secondary N) is 1. The van der Waals surface area contributed by atoms with Gasteiger partial charge in [0.25, 0.3) is 0 Å². The van der Waals surface area contributed by atoms with Crippen LogP contribution in [0.5, 0.6) is 0 Å². The van der Waals surface area contributed by atoms with E-state index in [1.807, 2.05) is 0 Å². The van der Waals surface area contributed by atoms with Gasteiger partial charge in [-0.25, -0.2) is 0 Å². The van der Waals surface area contributed by atoms with Crippen LogP contribution in [0.25, 0.3) is 0 Å². The summed E-state index contributed by atoms with van der Waals surface area (Å²) < 4.78 is 0.864. The molecule has 2 amide bonds. The number of nitrogens with zero attached hydrogens (tertiary/aromatic N) is 1. The number of aliphatic carboxylic acids is 1. The van der Waals surface area contributed by atoms with Crippen LogP contribution < -0.4 is 5.32 Å². The summed E-state index contributed by atoms with van der Waals surface area (Å²) in [7, 11) is 1.51. The van der Waals surface area contributed by atoms with Gasteiger partial charge >= 0.3 is 5.97 Å². The van der Waals surface area contributed by atoms with Crippen LogP contribution in [0.15, 0.2) is 28.7 Å². The van der Waals surface area contributed by atoms with E-state index in [-0.39, 0.29) is 18.9 Å². The number of carboxylic acid groups (broad SMARTS) is 1. The molecule has 0 saturated heterocycles. The van der Waals surface area contributed by atoms with E-state index in [2.05, 4.69) is 21.2 Å². The summed E-state index contributed by atoms with van der Waals surface area (Å²) in [4.78, 5) is 35.2. The van der Waals surface area contributed by atoms with Crippen molar-refractivity contribution < 1.29 is 19.5 Å². The first kappa shape index (κ1) is 17.2. The second-order valence-electron chi connectivity index (χ2n) is 4.64. The predicted octanol–water partition coefficient (Wildman–Crippen LogP) is 1.56. The lowest BCUT2D eigenvalue weighted by atomic mass is 10.0. The Hall–Kier alpha value is -1.89. The third kappa shape index (κ3) is 5.95. The summed E-state index contributed by atoms with van der Waals surface area (Å²) >= 11 is 3.30. The second kappa shape index (κ2) is 7.78. The zero-order valence-electron chi connectivity index (χ0n) is 11.8. The van der Waals surface area contributed by atoms with Crippen molar-refractivity contribution in [3.8, 4) is 0 Å². The van der Waals surface area contributed by atoms with Gasteiger partial charge in [0.05, 0.1) is 19.0 Å². The summed E-state index contributed by atoms with van der Waals surface area (Å²) in [6.45, 7) is 1.25. The van der Waals surface area contributed by atoms with Gasteiger partial charge in [0.15, 0.2) is 0 Å². The van der Waals surface area contributed by atoms with Crippen molar-refractivity contribution in [1.29, 1.82) is 0 Å². The highest BCUT2D eigenvalue weighted by molar-refractivity contribution is 9.10. The molecule has 0 aliphatic rings. The molecule has 0 heterocycles. The van der Waals surface area contributed by atoms with Crippen LogP contribution in [-0.2, 0) is 14.4 Å². The third-order valence-electron chi connectivity index (χ3n) is 2.90. The molecular weight excluding hydrogens is 340 g/mol. The predicted molar refractivity (Wildman–Crippen MR) is 80.6 cm³/mol. The zero-order valence-corrected chi connectivity index (χ0v) is 13.4. The Morgan fingerprint density at radius 1 is 1.29 bits per heavy atom. The normalized spacial score (nSPS) is 11.6. The van der Waals surface area contributed by atoms with E-state index in [4.69, 9.17) is 5.11 Å². The fourth-order valence-electron chi connectivity index (χ4n) is 1.69. The van der Waals surface area contributed by atoms with E-state index >= 15 is 0 Å². The van der Waals surface area contributed by atoms with Crippen LogP contribution in [0.2, 0.25) is 0 Å². The van der Waals surface area contributed by atoms with Crippen molar-refractivity contribution in [3.05, 3.63) is 34.3 Å². The first-order valence-corrected chi connectivity index (χ1v) is 7.07. The Bertz CT molecular complexity index is 530. The maximum atomic E-state index is 11.9. The molecular formula is C14H17BrN2O4.